The molecule has 17 heavy (non-hydrogen) atoms. The largest absolute Gasteiger partial charge is 0.349 e. The second kappa shape index (κ2) is 3.89. The average molecular weight is 228 g/mol. The second-order valence-electron chi connectivity index (χ2n) is 3.83. The Morgan fingerprint density at radius 1 is 1.41 bits per heavy atom. The molecule has 0 radical (unpaired) electrons. The van der Waals surface area contributed by atoms with E-state index in [1.54, 1.807) is 6.20 Å². The van der Waals surface area contributed by atoms with Crippen LogP contribution in [0.25, 0.3) is 5.65 Å². The standard InChI is InChI=1S/C11H12N6/c1-8-3-2-4-10-15-11(16-17(8)10)12-5-9-6-13-14-7-9/h2-4,6-7H,5H2,1H3,(H,12,16)(H,13,14). The molecule has 3 heterocycles. The number of nitrogens with zero attached hydrogens (tertiary/aromatic N) is 4. The number of aromatic nitrogens is 5. The zero-order valence-electron chi connectivity index (χ0n) is 9.38. The molecule has 2 N–H and O–H groups in total. The number of nitrogens with one attached hydrogen (secondary N) is 2. The summed E-state index contributed by atoms with van der Waals surface area (Å²) in [5.41, 5.74) is 2.98. The Hall–Kier alpha value is -2.37. The summed E-state index contributed by atoms with van der Waals surface area (Å²) in [6.07, 6.45) is 3.61. The number of rotatable bonds is 3. The van der Waals surface area contributed by atoms with E-state index in [0.717, 1.165) is 16.9 Å². The molecule has 0 aliphatic heterocycles. The number of anilines is 1. The van der Waals surface area contributed by atoms with Gasteiger partial charge in [-0.1, -0.05) is 6.07 Å². The van der Waals surface area contributed by atoms with Crippen molar-refractivity contribution in [2.24, 2.45) is 0 Å². The van der Waals surface area contributed by atoms with Crippen molar-refractivity contribution in [2.75, 3.05) is 5.32 Å². The van der Waals surface area contributed by atoms with Crippen molar-refractivity contribution in [2.45, 2.75) is 13.5 Å². The summed E-state index contributed by atoms with van der Waals surface area (Å²) < 4.78 is 1.82. The maximum absolute atomic E-state index is 4.38. The van der Waals surface area contributed by atoms with Crippen LogP contribution in [0.15, 0.2) is 30.6 Å². The lowest BCUT2D eigenvalue weighted by Gasteiger charge is -1.97. The summed E-state index contributed by atoms with van der Waals surface area (Å²) in [7, 11) is 0. The molecule has 0 aliphatic carbocycles. The van der Waals surface area contributed by atoms with E-state index in [1.807, 2.05) is 35.8 Å². The van der Waals surface area contributed by atoms with Crippen LogP contribution in [0.2, 0.25) is 0 Å². The first-order chi connectivity index (χ1) is 8.33. The fourth-order valence-corrected chi connectivity index (χ4v) is 1.67. The Morgan fingerprint density at radius 2 is 2.35 bits per heavy atom. The van der Waals surface area contributed by atoms with Gasteiger partial charge >= 0.3 is 0 Å². The van der Waals surface area contributed by atoms with Gasteiger partial charge in [-0.3, -0.25) is 5.10 Å². The Labute approximate surface area is 97.7 Å². The first-order valence-corrected chi connectivity index (χ1v) is 5.37. The van der Waals surface area contributed by atoms with E-state index in [0.29, 0.717) is 12.5 Å². The number of H-pyrrole nitrogens is 1. The van der Waals surface area contributed by atoms with Crippen LogP contribution < -0.4 is 5.32 Å². The molecule has 0 spiro atoms. The molecule has 0 unspecified atom stereocenters. The quantitative estimate of drug-likeness (QED) is 0.710. The molecule has 0 fully saturated rings. The lowest BCUT2D eigenvalue weighted by atomic mass is 10.4. The van der Waals surface area contributed by atoms with Crippen molar-refractivity contribution in [3.63, 3.8) is 0 Å². The molecule has 0 aromatic carbocycles. The highest BCUT2D eigenvalue weighted by Gasteiger charge is 2.04. The highest BCUT2D eigenvalue weighted by Crippen LogP contribution is 2.08. The van der Waals surface area contributed by atoms with Gasteiger partial charge in [0.15, 0.2) is 5.65 Å². The van der Waals surface area contributed by atoms with Gasteiger partial charge in [0.25, 0.3) is 0 Å². The SMILES string of the molecule is Cc1cccc2nc(NCc3cn[nH]c3)nn12. The van der Waals surface area contributed by atoms with Crippen molar-refractivity contribution in [3.8, 4) is 0 Å². The highest BCUT2D eigenvalue weighted by atomic mass is 15.3. The molecule has 0 atom stereocenters. The van der Waals surface area contributed by atoms with Crippen molar-refractivity contribution in [1.82, 2.24) is 24.8 Å². The molecule has 3 aromatic heterocycles. The number of fused-ring (bicyclic) bond motifs is 1. The molecule has 86 valence electrons. The zero-order chi connectivity index (χ0) is 11.7. The molecule has 0 saturated heterocycles. The first-order valence-electron chi connectivity index (χ1n) is 5.37. The summed E-state index contributed by atoms with van der Waals surface area (Å²) in [5.74, 6) is 0.625. The van der Waals surface area contributed by atoms with E-state index < -0.39 is 0 Å². The van der Waals surface area contributed by atoms with Gasteiger partial charge in [0.2, 0.25) is 5.95 Å². The van der Waals surface area contributed by atoms with Crippen LogP contribution in [0.4, 0.5) is 5.95 Å². The molecule has 0 bridgehead atoms. The summed E-state index contributed by atoms with van der Waals surface area (Å²) in [6, 6.07) is 5.91. The smallest absolute Gasteiger partial charge is 0.243 e. The molecular formula is C11H12N6. The average Bonchev–Trinajstić information content (AvgIpc) is 2.95. The molecule has 0 aliphatic rings. The van der Waals surface area contributed by atoms with E-state index in [-0.39, 0.29) is 0 Å². The van der Waals surface area contributed by atoms with Crippen LogP contribution in [-0.2, 0) is 6.54 Å². The molecule has 3 rings (SSSR count). The van der Waals surface area contributed by atoms with Crippen LogP contribution in [0, 0.1) is 6.92 Å². The fraction of sp³-hybridized carbons (Fsp3) is 0.182. The van der Waals surface area contributed by atoms with Gasteiger partial charge in [0.1, 0.15) is 0 Å². The van der Waals surface area contributed by atoms with Crippen LogP contribution >= 0.6 is 0 Å². The van der Waals surface area contributed by atoms with Gasteiger partial charge in [0, 0.05) is 24.0 Å². The van der Waals surface area contributed by atoms with E-state index in [1.165, 1.54) is 0 Å². The monoisotopic (exact) mass is 228 g/mol. The Bertz CT molecular complexity index is 625. The van der Waals surface area contributed by atoms with E-state index >= 15 is 0 Å². The first kappa shape index (κ1) is 9.83. The zero-order valence-corrected chi connectivity index (χ0v) is 9.38. The summed E-state index contributed by atoms with van der Waals surface area (Å²) in [6.45, 7) is 2.66. The van der Waals surface area contributed by atoms with E-state index in [4.69, 9.17) is 0 Å². The minimum absolute atomic E-state index is 0.625. The molecule has 0 saturated carbocycles. The Morgan fingerprint density at radius 3 is 3.12 bits per heavy atom. The van der Waals surface area contributed by atoms with Crippen molar-refractivity contribution < 1.29 is 0 Å². The van der Waals surface area contributed by atoms with Crippen molar-refractivity contribution in [1.29, 1.82) is 0 Å². The lowest BCUT2D eigenvalue weighted by Crippen LogP contribution is -2.00. The number of pyridine rings is 1. The molecule has 0 amide bonds. The van der Waals surface area contributed by atoms with Gasteiger partial charge in [-0.05, 0) is 19.1 Å². The second-order valence-corrected chi connectivity index (χ2v) is 3.83. The topological polar surface area (TPSA) is 70.9 Å². The maximum Gasteiger partial charge on any atom is 0.243 e. The third-order valence-corrected chi connectivity index (χ3v) is 2.55. The minimum Gasteiger partial charge on any atom is -0.349 e. The Kier molecular flexibility index (Phi) is 2.25. The number of aromatic amines is 1. The summed E-state index contributed by atoms with van der Waals surface area (Å²) in [4.78, 5) is 4.38. The number of aryl methyl sites for hydroxylation is 1. The summed E-state index contributed by atoms with van der Waals surface area (Å²) >= 11 is 0. The van der Waals surface area contributed by atoms with E-state index in [9.17, 15) is 0 Å². The van der Waals surface area contributed by atoms with Crippen molar-refractivity contribution >= 4 is 11.6 Å². The maximum atomic E-state index is 4.38. The van der Waals surface area contributed by atoms with Crippen LogP contribution in [0.5, 0.6) is 0 Å². The van der Waals surface area contributed by atoms with Crippen LogP contribution in [0.1, 0.15) is 11.3 Å². The molecule has 3 aromatic rings. The van der Waals surface area contributed by atoms with Gasteiger partial charge < -0.3 is 5.32 Å². The number of hydrogen-bond acceptors (Lipinski definition) is 4. The van der Waals surface area contributed by atoms with Gasteiger partial charge in [-0.25, -0.2) is 4.52 Å². The Balaban J connectivity index is 1.84. The van der Waals surface area contributed by atoms with E-state index in [2.05, 4.69) is 25.6 Å². The third-order valence-electron chi connectivity index (χ3n) is 2.55. The summed E-state index contributed by atoms with van der Waals surface area (Å²) in [5, 5.41) is 14.2. The third kappa shape index (κ3) is 1.84. The van der Waals surface area contributed by atoms with Crippen molar-refractivity contribution in [3.05, 3.63) is 41.9 Å². The van der Waals surface area contributed by atoms with Gasteiger partial charge in [-0.15, -0.1) is 5.10 Å². The highest BCUT2D eigenvalue weighted by molar-refractivity contribution is 5.44. The lowest BCUT2D eigenvalue weighted by molar-refractivity contribution is 0.909. The van der Waals surface area contributed by atoms with Gasteiger partial charge in [-0.2, -0.15) is 10.1 Å². The normalized spacial score (nSPS) is 10.9. The molecule has 6 heteroatoms. The molecular weight excluding hydrogens is 216 g/mol. The number of hydrogen-bond donors (Lipinski definition) is 2. The fourth-order valence-electron chi connectivity index (χ4n) is 1.67. The predicted octanol–water partition coefficient (Wildman–Crippen LogP) is 1.37. The van der Waals surface area contributed by atoms with Gasteiger partial charge in [0.05, 0.1) is 6.20 Å². The van der Waals surface area contributed by atoms with Crippen LogP contribution in [0.3, 0.4) is 0 Å². The molecule has 6 nitrogen and oxygen atoms in total. The predicted molar refractivity (Wildman–Crippen MR) is 63.6 cm³/mol. The van der Waals surface area contributed by atoms with Crippen LogP contribution in [-0.4, -0.2) is 24.8 Å². The minimum atomic E-state index is 0.625.